The van der Waals surface area contributed by atoms with Crippen molar-refractivity contribution in [3.63, 3.8) is 0 Å². The number of hydrogen-bond donors (Lipinski definition) is 0. The first-order valence-electron chi connectivity index (χ1n) is 6.87. The highest BCUT2D eigenvalue weighted by molar-refractivity contribution is 6.03. The Balaban J connectivity index is 0.000000754. The Kier molecular flexibility index (Phi) is 10.8. The number of methoxy groups -OCH3 is 1. The van der Waals surface area contributed by atoms with Gasteiger partial charge in [-0.25, -0.2) is 14.4 Å². The van der Waals surface area contributed by atoms with E-state index in [1.54, 1.807) is 12.1 Å². The third-order valence-electron chi connectivity index (χ3n) is 2.40. The van der Waals surface area contributed by atoms with Crippen LogP contribution in [0, 0.1) is 0 Å². The van der Waals surface area contributed by atoms with E-state index in [9.17, 15) is 14.4 Å². The second-order valence-corrected chi connectivity index (χ2v) is 4.05. The van der Waals surface area contributed by atoms with Crippen molar-refractivity contribution in [1.82, 2.24) is 0 Å². The second kappa shape index (κ2) is 12.4. The van der Waals surface area contributed by atoms with Gasteiger partial charge in [-0.2, -0.15) is 0 Å². The van der Waals surface area contributed by atoms with Crippen LogP contribution in [0.5, 0.6) is 0 Å². The number of carbonyl (C=O) groups excluding carboxylic acids is 3. The Morgan fingerprint density at radius 3 is 1.58 bits per heavy atom. The molecule has 0 N–H and O–H groups in total. The highest BCUT2D eigenvalue weighted by Gasteiger charge is 2.18. The lowest BCUT2D eigenvalue weighted by Crippen LogP contribution is -2.14. The van der Waals surface area contributed by atoms with Gasteiger partial charge in [0.05, 0.1) is 18.2 Å². The standard InChI is InChI=1S/C14H14O4.C4H6O2/c1-3-9-17-13(15)11-7-5-6-8-12(11)14(16)18-10-4-2;1-3-4(5)6-2/h3-8H,1-2,9-10H2;3H,1H2,2H3. The largest absolute Gasteiger partial charge is 0.466 e. The van der Waals surface area contributed by atoms with Gasteiger partial charge in [-0.15, -0.1) is 0 Å². The van der Waals surface area contributed by atoms with Gasteiger partial charge in [0.15, 0.2) is 0 Å². The van der Waals surface area contributed by atoms with Gasteiger partial charge in [-0.1, -0.05) is 44.0 Å². The molecule has 0 fully saturated rings. The summed E-state index contributed by atoms with van der Waals surface area (Å²) < 4.78 is 13.9. The Morgan fingerprint density at radius 2 is 1.33 bits per heavy atom. The molecule has 0 spiro atoms. The number of esters is 3. The van der Waals surface area contributed by atoms with Crippen LogP contribution >= 0.6 is 0 Å². The van der Waals surface area contributed by atoms with Gasteiger partial charge in [0.2, 0.25) is 0 Å². The van der Waals surface area contributed by atoms with Gasteiger partial charge in [-0.3, -0.25) is 0 Å². The van der Waals surface area contributed by atoms with Gasteiger partial charge in [0.25, 0.3) is 0 Å². The summed E-state index contributed by atoms with van der Waals surface area (Å²) in [5.41, 5.74) is 0.349. The number of benzene rings is 1. The zero-order valence-corrected chi connectivity index (χ0v) is 13.5. The van der Waals surface area contributed by atoms with Crippen molar-refractivity contribution in [1.29, 1.82) is 0 Å². The lowest BCUT2D eigenvalue weighted by Gasteiger charge is -2.07. The van der Waals surface area contributed by atoms with E-state index in [0.29, 0.717) is 0 Å². The quantitative estimate of drug-likeness (QED) is 0.331. The number of carbonyl (C=O) groups is 3. The third kappa shape index (κ3) is 7.74. The monoisotopic (exact) mass is 332 g/mol. The average molecular weight is 332 g/mol. The Labute approximate surface area is 141 Å². The normalized spacial score (nSPS) is 8.71. The van der Waals surface area contributed by atoms with E-state index in [1.807, 2.05) is 0 Å². The predicted octanol–water partition coefficient (Wildman–Crippen LogP) is 2.72. The molecule has 0 aliphatic carbocycles. The van der Waals surface area contributed by atoms with Crippen LogP contribution < -0.4 is 0 Å². The summed E-state index contributed by atoms with van der Waals surface area (Å²) >= 11 is 0. The SMILES string of the molecule is C=CC(=O)OC.C=CCOC(=O)c1ccccc1C(=O)OCC=C. The summed E-state index contributed by atoms with van der Waals surface area (Å²) in [6, 6.07) is 6.31. The van der Waals surface area contributed by atoms with E-state index >= 15 is 0 Å². The van der Waals surface area contributed by atoms with Crippen LogP contribution in [0.3, 0.4) is 0 Å². The summed E-state index contributed by atoms with van der Waals surface area (Å²) in [5.74, 6) is -1.56. The van der Waals surface area contributed by atoms with Crippen molar-refractivity contribution in [2.75, 3.05) is 20.3 Å². The smallest absolute Gasteiger partial charge is 0.339 e. The van der Waals surface area contributed by atoms with E-state index in [4.69, 9.17) is 9.47 Å². The molecule has 0 radical (unpaired) electrons. The van der Waals surface area contributed by atoms with Crippen LogP contribution in [0.15, 0.2) is 62.2 Å². The molecular weight excluding hydrogens is 312 g/mol. The lowest BCUT2D eigenvalue weighted by atomic mass is 10.1. The molecule has 0 bridgehead atoms. The molecule has 6 nitrogen and oxygen atoms in total. The molecular formula is C18H20O6. The second-order valence-electron chi connectivity index (χ2n) is 4.05. The molecule has 0 saturated heterocycles. The predicted molar refractivity (Wildman–Crippen MR) is 89.6 cm³/mol. The van der Waals surface area contributed by atoms with Crippen molar-refractivity contribution < 1.29 is 28.6 Å². The molecule has 128 valence electrons. The molecule has 0 saturated carbocycles. The minimum atomic E-state index is -0.582. The van der Waals surface area contributed by atoms with E-state index in [1.165, 1.54) is 31.4 Å². The molecule has 0 aliphatic heterocycles. The minimum absolute atomic E-state index is 0.0921. The highest BCUT2D eigenvalue weighted by atomic mass is 16.5. The molecule has 0 unspecified atom stereocenters. The van der Waals surface area contributed by atoms with Gasteiger partial charge in [0.1, 0.15) is 13.2 Å². The maximum atomic E-state index is 11.7. The van der Waals surface area contributed by atoms with Crippen LogP contribution in [0.1, 0.15) is 20.7 Å². The Bertz CT molecular complexity index is 560. The van der Waals surface area contributed by atoms with E-state index in [-0.39, 0.29) is 24.3 Å². The number of rotatable bonds is 7. The summed E-state index contributed by atoms with van der Waals surface area (Å²) in [7, 11) is 1.31. The summed E-state index contributed by atoms with van der Waals surface area (Å²) in [6.45, 7) is 10.2. The molecule has 0 heterocycles. The molecule has 1 aromatic carbocycles. The fourth-order valence-electron chi connectivity index (χ4n) is 1.35. The Morgan fingerprint density at radius 1 is 0.917 bits per heavy atom. The van der Waals surface area contributed by atoms with Crippen LogP contribution in [0.2, 0.25) is 0 Å². The van der Waals surface area contributed by atoms with Crippen molar-refractivity contribution in [3.8, 4) is 0 Å². The molecule has 1 aromatic rings. The lowest BCUT2D eigenvalue weighted by molar-refractivity contribution is -0.134. The Hall–Kier alpha value is -3.15. The number of ether oxygens (including phenoxy) is 3. The summed E-state index contributed by atoms with van der Waals surface area (Å²) in [6.07, 6.45) is 4.02. The molecule has 24 heavy (non-hydrogen) atoms. The van der Waals surface area contributed by atoms with Crippen LogP contribution in [-0.4, -0.2) is 38.2 Å². The molecule has 0 atom stereocenters. The molecule has 0 aliphatic rings. The molecule has 0 amide bonds. The van der Waals surface area contributed by atoms with Gasteiger partial charge in [0, 0.05) is 6.08 Å². The maximum Gasteiger partial charge on any atom is 0.339 e. The number of hydrogen-bond acceptors (Lipinski definition) is 6. The minimum Gasteiger partial charge on any atom is -0.466 e. The maximum absolute atomic E-state index is 11.7. The van der Waals surface area contributed by atoms with E-state index in [2.05, 4.69) is 24.5 Å². The molecule has 0 aromatic heterocycles. The molecule has 6 heteroatoms. The van der Waals surface area contributed by atoms with Crippen molar-refractivity contribution in [3.05, 3.63) is 73.4 Å². The van der Waals surface area contributed by atoms with Gasteiger partial charge >= 0.3 is 17.9 Å². The first kappa shape index (κ1) is 20.9. The zero-order valence-electron chi connectivity index (χ0n) is 13.5. The van der Waals surface area contributed by atoms with Crippen molar-refractivity contribution in [2.24, 2.45) is 0 Å². The fourth-order valence-corrected chi connectivity index (χ4v) is 1.35. The van der Waals surface area contributed by atoms with Crippen LogP contribution in [0.25, 0.3) is 0 Å². The fraction of sp³-hybridized carbons (Fsp3) is 0.167. The summed E-state index contributed by atoms with van der Waals surface area (Å²) in [5, 5.41) is 0. The first-order chi connectivity index (χ1) is 11.5. The topological polar surface area (TPSA) is 78.9 Å². The van der Waals surface area contributed by atoms with Crippen molar-refractivity contribution >= 4 is 17.9 Å². The van der Waals surface area contributed by atoms with Gasteiger partial charge in [-0.05, 0) is 12.1 Å². The third-order valence-corrected chi connectivity index (χ3v) is 2.40. The van der Waals surface area contributed by atoms with Crippen LogP contribution in [0.4, 0.5) is 0 Å². The highest BCUT2D eigenvalue weighted by Crippen LogP contribution is 2.12. The van der Waals surface area contributed by atoms with Crippen molar-refractivity contribution in [2.45, 2.75) is 0 Å². The van der Waals surface area contributed by atoms with E-state index in [0.717, 1.165) is 6.08 Å². The van der Waals surface area contributed by atoms with E-state index < -0.39 is 17.9 Å². The van der Waals surface area contributed by atoms with Gasteiger partial charge < -0.3 is 14.2 Å². The zero-order chi connectivity index (χ0) is 18.4. The summed E-state index contributed by atoms with van der Waals surface area (Å²) in [4.78, 5) is 33.2. The average Bonchev–Trinajstić information content (AvgIpc) is 2.63. The molecule has 1 rings (SSSR count). The first-order valence-corrected chi connectivity index (χ1v) is 6.87. The van der Waals surface area contributed by atoms with Crippen LogP contribution in [-0.2, 0) is 19.0 Å².